The molecule has 0 amide bonds. The first-order valence-electron chi connectivity index (χ1n) is 4.25. The lowest BCUT2D eigenvalue weighted by molar-refractivity contribution is -0.143. The zero-order valence-electron chi connectivity index (χ0n) is 8.24. The normalized spacial score (nSPS) is 14.8. The minimum atomic E-state index is -1.43. The molecule has 1 aromatic rings. The smallest absolute Gasteiger partial charge is 0.328 e. The van der Waals surface area contributed by atoms with Gasteiger partial charge in [0.1, 0.15) is 5.54 Å². The number of carboxylic acids is 1. The van der Waals surface area contributed by atoms with Gasteiger partial charge in [-0.3, -0.25) is 0 Å². The predicted octanol–water partition coefficient (Wildman–Crippen LogP) is 0.836. The van der Waals surface area contributed by atoms with Gasteiger partial charge in [0.2, 0.25) is 0 Å². The largest absolute Gasteiger partial charge is 0.480 e. The number of nitrogens with two attached hydrogens (primary N) is 2. The fraction of sp³-hybridized carbons (Fsp3) is 0.300. The number of rotatable bonds is 2. The molecule has 0 saturated heterocycles. The van der Waals surface area contributed by atoms with E-state index in [9.17, 15) is 4.79 Å². The molecule has 4 nitrogen and oxygen atoms in total. The van der Waals surface area contributed by atoms with Crippen LogP contribution in [0.15, 0.2) is 18.2 Å². The first kappa shape index (κ1) is 10.5. The molecule has 5 N–H and O–H groups in total. The van der Waals surface area contributed by atoms with Crippen molar-refractivity contribution in [2.24, 2.45) is 5.73 Å². The monoisotopic (exact) mass is 194 g/mol. The van der Waals surface area contributed by atoms with Crippen molar-refractivity contribution in [1.82, 2.24) is 0 Å². The maximum atomic E-state index is 10.9. The molecule has 0 fully saturated rings. The first-order chi connectivity index (χ1) is 6.37. The lowest BCUT2D eigenvalue weighted by atomic mass is 9.90. The summed E-state index contributed by atoms with van der Waals surface area (Å²) in [6, 6.07) is 5.20. The maximum Gasteiger partial charge on any atom is 0.328 e. The van der Waals surface area contributed by atoms with Crippen LogP contribution in [-0.4, -0.2) is 11.1 Å². The van der Waals surface area contributed by atoms with Crippen molar-refractivity contribution < 1.29 is 9.90 Å². The van der Waals surface area contributed by atoms with Gasteiger partial charge in [-0.25, -0.2) is 4.79 Å². The summed E-state index contributed by atoms with van der Waals surface area (Å²) in [6.07, 6.45) is 0. The van der Waals surface area contributed by atoms with Crippen molar-refractivity contribution in [1.29, 1.82) is 0 Å². The third kappa shape index (κ3) is 1.56. The highest BCUT2D eigenvalue weighted by Gasteiger charge is 2.32. The number of carboxylic acid groups (broad SMARTS) is 1. The minimum Gasteiger partial charge on any atom is -0.480 e. The van der Waals surface area contributed by atoms with Crippen molar-refractivity contribution in [2.75, 3.05) is 5.73 Å². The van der Waals surface area contributed by atoms with Crippen LogP contribution in [0.2, 0.25) is 0 Å². The standard InChI is InChI=1S/C10H14N2O2/c1-6-4-3-5-7(8(6)11)10(2,12)9(13)14/h3-5H,11-12H2,1-2H3,(H,13,14). The van der Waals surface area contributed by atoms with Crippen molar-refractivity contribution >= 4 is 11.7 Å². The van der Waals surface area contributed by atoms with Crippen LogP contribution in [0.25, 0.3) is 0 Å². The highest BCUT2D eigenvalue weighted by molar-refractivity contribution is 5.82. The Morgan fingerprint density at radius 1 is 1.50 bits per heavy atom. The average molecular weight is 194 g/mol. The molecule has 1 rings (SSSR count). The summed E-state index contributed by atoms with van der Waals surface area (Å²) in [5.41, 5.74) is 11.7. The van der Waals surface area contributed by atoms with Gasteiger partial charge in [0.05, 0.1) is 0 Å². The predicted molar refractivity (Wildman–Crippen MR) is 54.8 cm³/mol. The van der Waals surface area contributed by atoms with E-state index in [1.54, 1.807) is 12.1 Å². The Balaban J connectivity index is 3.33. The summed E-state index contributed by atoms with van der Waals surface area (Å²) in [5, 5.41) is 8.93. The van der Waals surface area contributed by atoms with Gasteiger partial charge in [0.25, 0.3) is 0 Å². The number of aryl methyl sites for hydroxylation is 1. The third-order valence-corrected chi connectivity index (χ3v) is 2.33. The molecule has 0 spiro atoms. The molecule has 1 unspecified atom stereocenters. The molecule has 0 bridgehead atoms. The summed E-state index contributed by atoms with van der Waals surface area (Å²) in [7, 11) is 0. The lowest BCUT2D eigenvalue weighted by Crippen LogP contribution is -2.42. The van der Waals surface area contributed by atoms with Crippen molar-refractivity contribution in [3.05, 3.63) is 29.3 Å². The van der Waals surface area contributed by atoms with Crippen molar-refractivity contribution in [2.45, 2.75) is 19.4 Å². The molecule has 0 aliphatic rings. The molecule has 0 saturated carbocycles. The Morgan fingerprint density at radius 2 is 2.07 bits per heavy atom. The van der Waals surface area contributed by atoms with E-state index in [0.717, 1.165) is 5.56 Å². The van der Waals surface area contributed by atoms with E-state index in [-0.39, 0.29) is 0 Å². The van der Waals surface area contributed by atoms with Gasteiger partial charge in [-0.05, 0) is 19.4 Å². The summed E-state index contributed by atoms with van der Waals surface area (Å²) < 4.78 is 0. The van der Waals surface area contributed by atoms with E-state index in [1.807, 2.05) is 13.0 Å². The van der Waals surface area contributed by atoms with Crippen LogP contribution in [-0.2, 0) is 10.3 Å². The Morgan fingerprint density at radius 3 is 2.57 bits per heavy atom. The SMILES string of the molecule is Cc1cccc(C(C)(N)C(=O)O)c1N. The first-order valence-corrected chi connectivity index (χ1v) is 4.25. The van der Waals surface area contributed by atoms with Gasteiger partial charge < -0.3 is 16.6 Å². The second kappa shape index (κ2) is 3.31. The number of hydrogen-bond acceptors (Lipinski definition) is 3. The third-order valence-electron chi connectivity index (χ3n) is 2.33. The number of hydrogen-bond donors (Lipinski definition) is 3. The molecule has 0 aliphatic carbocycles. The summed E-state index contributed by atoms with van der Waals surface area (Å²) >= 11 is 0. The molecular weight excluding hydrogens is 180 g/mol. The van der Waals surface area contributed by atoms with Crippen LogP contribution in [0.5, 0.6) is 0 Å². The topological polar surface area (TPSA) is 89.3 Å². The van der Waals surface area contributed by atoms with E-state index < -0.39 is 11.5 Å². The van der Waals surface area contributed by atoms with Crippen LogP contribution < -0.4 is 11.5 Å². The average Bonchev–Trinajstić information content (AvgIpc) is 2.09. The fourth-order valence-corrected chi connectivity index (χ4v) is 1.25. The Labute approximate surface area is 82.5 Å². The minimum absolute atomic E-state index is 0.444. The Hall–Kier alpha value is -1.55. The summed E-state index contributed by atoms with van der Waals surface area (Å²) in [6.45, 7) is 3.25. The molecule has 14 heavy (non-hydrogen) atoms. The van der Waals surface area contributed by atoms with Crippen LogP contribution in [0.1, 0.15) is 18.1 Å². The molecular formula is C10H14N2O2. The Bertz CT molecular complexity index is 372. The molecule has 0 heterocycles. The van der Waals surface area contributed by atoms with E-state index in [4.69, 9.17) is 16.6 Å². The van der Waals surface area contributed by atoms with Crippen molar-refractivity contribution in [3.63, 3.8) is 0 Å². The number of anilines is 1. The second-order valence-corrected chi connectivity index (χ2v) is 3.54. The number of aliphatic carboxylic acids is 1. The van der Waals surface area contributed by atoms with Gasteiger partial charge in [-0.1, -0.05) is 18.2 Å². The highest BCUT2D eigenvalue weighted by atomic mass is 16.4. The van der Waals surface area contributed by atoms with E-state index in [0.29, 0.717) is 11.3 Å². The van der Waals surface area contributed by atoms with Gasteiger partial charge in [0.15, 0.2) is 0 Å². The fourth-order valence-electron chi connectivity index (χ4n) is 1.25. The molecule has 1 aromatic carbocycles. The zero-order valence-corrected chi connectivity index (χ0v) is 8.24. The van der Waals surface area contributed by atoms with Crippen LogP contribution in [0, 0.1) is 6.92 Å². The zero-order chi connectivity index (χ0) is 10.9. The number of nitrogen functional groups attached to an aromatic ring is 1. The van der Waals surface area contributed by atoms with Crippen LogP contribution in [0.3, 0.4) is 0 Å². The molecule has 76 valence electrons. The lowest BCUT2D eigenvalue weighted by Gasteiger charge is -2.22. The Kier molecular flexibility index (Phi) is 2.49. The maximum absolute atomic E-state index is 10.9. The van der Waals surface area contributed by atoms with Crippen LogP contribution in [0.4, 0.5) is 5.69 Å². The molecule has 0 aromatic heterocycles. The summed E-state index contributed by atoms with van der Waals surface area (Å²) in [4.78, 5) is 10.9. The van der Waals surface area contributed by atoms with Gasteiger partial charge >= 0.3 is 5.97 Å². The molecule has 1 atom stereocenters. The molecule has 0 aliphatic heterocycles. The van der Waals surface area contributed by atoms with E-state index in [1.165, 1.54) is 6.92 Å². The summed E-state index contributed by atoms with van der Waals surface area (Å²) in [5.74, 6) is -1.09. The van der Waals surface area contributed by atoms with E-state index in [2.05, 4.69) is 0 Å². The van der Waals surface area contributed by atoms with E-state index >= 15 is 0 Å². The number of carbonyl (C=O) groups is 1. The molecule has 0 radical (unpaired) electrons. The quantitative estimate of drug-likeness (QED) is 0.608. The highest BCUT2D eigenvalue weighted by Crippen LogP contribution is 2.26. The number of para-hydroxylation sites is 1. The second-order valence-electron chi connectivity index (χ2n) is 3.54. The van der Waals surface area contributed by atoms with Crippen molar-refractivity contribution in [3.8, 4) is 0 Å². The van der Waals surface area contributed by atoms with Crippen LogP contribution >= 0.6 is 0 Å². The van der Waals surface area contributed by atoms with Gasteiger partial charge in [0, 0.05) is 11.3 Å². The number of benzene rings is 1. The van der Waals surface area contributed by atoms with Gasteiger partial charge in [-0.2, -0.15) is 0 Å². The van der Waals surface area contributed by atoms with Gasteiger partial charge in [-0.15, -0.1) is 0 Å². The molecule has 4 heteroatoms.